The van der Waals surface area contributed by atoms with E-state index in [0.717, 1.165) is 17.3 Å². The highest BCUT2D eigenvalue weighted by atomic mass is 32.2. The van der Waals surface area contributed by atoms with Crippen molar-refractivity contribution in [1.82, 2.24) is 5.32 Å². The van der Waals surface area contributed by atoms with Gasteiger partial charge in [-0.2, -0.15) is 0 Å². The van der Waals surface area contributed by atoms with Gasteiger partial charge in [0.25, 0.3) is 5.91 Å². The minimum atomic E-state index is -1.32. The van der Waals surface area contributed by atoms with Crippen molar-refractivity contribution < 1.29 is 19.4 Å². The molecule has 1 N–H and O–H groups in total. The third kappa shape index (κ3) is 4.65. The molecule has 1 amide bonds. The molecule has 0 bridgehead atoms. The average Bonchev–Trinajstić information content (AvgIpc) is 3.00. The van der Waals surface area contributed by atoms with Gasteiger partial charge in [0.1, 0.15) is 12.4 Å². The minimum absolute atomic E-state index is 0.0348. The Bertz CT molecular complexity index is 949. The summed E-state index contributed by atoms with van der Waals surface area (Å²) in [7, 11) is 0. The van der Waals surface area contributed by atoms with Crippen LogP contribution in [0.2, 0.25) is 0 Å². The molecule has 0 unspecified atom stereocenters. The first-order chi connectivity index (χ1) is 13.1. The Morgan fingerprint density at radius 3 is 2.67 bits per heavy atom. The standard InChI is InChI=1S/C20H16N2O4S/c1-2-11-26-14-9-7-13(8-10-14)12-17-18(23)22-20(27-17)21-16-6-4-3-5-15(16)19(24)25/h2-10,12H,1,11H2,(H,24,25)(H,21,22,23)/p-1/b17-12-. The first-order valence-electron chi connectivity index (χ1n) is 8.00. The van der Waals surface area contributed by atoms with Gasteiger partial charge in [-0.15, -0.1) is 0 Å². The van der Waals surface area contributed by atoms with E-state index in [1.54, 1.807) is 42.5 Å². The van der Waals surface area contributed by atoms with Crippen molar-refractivity contribution in [2.75, 3.05) is 6.61 Å². The van der Waals surface area contributed by atoms with Crippen molar-refractivity contribution in [3.63, 3.8) is 0 Å². The molecule has 1 heterocycles. The number of carboxylic acid groups (broad SMARTS) is 1. The summed E-state index contributed by atoms with van der Waals surface area (Å²) in [6.45, 7) is 4.02. The fourth-order valence-electron chi connectivity index (χ4n) is 2.30. The molecular formula is C20H15N2O4S-. The van der Waals surface area contributed by atoms with Crippen molar-refractivity contribution in [3.05, 3.63) is 77.2 Å². The van der Waals surface area contributed by atoms with Gasteiger partial charge in [-0.25, -0.2) is 4.99 Å². The van der Waals surface area contributed by atoms with Crippen molar-refractivity contribution in [3.8, 4) is 5.75 Å². The van der Waals surface area contributed by atoms with Crippen LogP contribution in [0.15, 0.2) is 71.1 Å². The summed E-state index contributed by atoms with van der Waals surface area (Å²) in [5.41, 5.74) is 1.02. The molecule has 2 aromatic carbocycles. The number of nitrogens with zero attached hydrogens (tertiary/aromatic N) is 1. The maximum atomic E-state index is 12.2. The van der Waals surface area contributed by atoms with E-state index in [-0.39, 0.29) is 17.2 Å². The second-order valence-corrected chi connectivity index (χ2v) is 6.49. The Morgan fingerprint density at radius 2 is 1.96 bits per heavy atom. The van der Waals surface area contributed by atoms with Crippen LogP contribution in [-0.4, -0.2) is 23.7 Å². The van der Waals surface area contributed by atoms with Crippen LogP contribution in [0, 0.1) is 0 Å². The lowest BCUT2D eigenvalue weighted by Crippen LogP contribution is -2.23. The summed E-state index contributed by atoms with van der Waals surface area (Å²) in [6, 6.07) is 13.5. The third-order valence-electron chi connectivity index (χ3n) is 3.54. The lowest BCUT2D eigenvalue weighted by atomic mass is 10.2. The van der Waals surface area contributed by atoms with Crippen LogP contribution in [0.25, 0.3) is 6.08 Å². The number of carboxylic acids is 1. The second-order valence-electron chi connectivity index (χ2n) is 5.46. The fourth-order valence-corrected chi connectivity index (χ4v) is 3.14. The molecule has 0 aromatic heterocycles. The number of aliphatic imine (C=N–C) groups is 1. The maximum absolute atomic E-state index is 12.2. The summed E-state index contributed by atoms with van der Waals surface area (Å²) in [6.07, 6.45) is 3.39. The summed E-state index contributed by atoms with van der Waals surface area (Å²) in [5, 5.41) is 14.1. The second kappa shape index (κ2) is 8.37. The largest absolute Gasteiger partial charge is 0.545 e. The molecule has 3 rings (SSSR count). The lowest BCUT2D eigenvalue weighted by molar-refractivity contribution is -0.254. The number of thioether (sulfide) groups is 1. The van der Waals surface area contributed by atoms with E-state index in [1.165, 1.54) is 6.07 Å². The number of amidine groups is 1. The molecule has 7 heteroatoms. The highest BCUT2D eigenvalue weighted by Gasteiger charge is 2.24. The van der Waals surface area contributed by atoms with Gasteiger partial charge < -0.3 is 20.0 Å². The maximum Gasteiger partial charge on any atom is 0.264 e. The average molecular weight is 379 g/mol. The molecule has 0 saturated carbocycles. The van der Waals surface area contributed by atoms with Crippen LogP contribution in [0.5, 0.6) is 5.75 Å². The van der Waals surface area contributed by atoms with E-state index in [0.29, 0.717) is 22.4 Å². The fraction of sp³-hybridized carbons (Fsp3) is 0.0500. The summed E-state index contributed by atoms with van der Waals surface area (Å²) in [5.74, 6) is -0.905. The summed E-state index contributed by atoms with van der Waals surface area (Å²) >= 11 is 1.14. The number of hydrogen-bond acceptors (Lipinski definition) is 6. The molecule has 0 radical (unpaired) electrons. The topological polar surface area (TPSA) is 90.8 Å². The Labute approximate surface area is 160 Å². The van der Waals surface area contributed by atoms with Crippen LogP contribution < -0.4 is 15.2 Å². The van der Waals surface area contributed by atoms with Gasteiger partial charge in [-0.1, -0.05) is 43.0 Å². The Hall–Kier alpha value is -3.32. The SMILES string of the molecule is C=CCOc1ccc(/C=C2\SC(=Nc3ccccc3C(=O)[O-])NC2=O)cc1. The van der Waals surface area contributed by atoms with Crippen LogP contribution in [0.3, 0.4) is 0 Å². The third-order valence-corrected chi connectivity index (χ3v) is 4.45. The monoisotopic (exact) mass is 379 g/mol. The molecule has 2 aromatic rings. The van der Waals surface area contributed by atoms with Crippen LogP contribution in [0.1, 0.15) is 15.9 Å². The van der Waals surface area contributed by atoms with E-state index in [9.17, 15) is 14.7 Å². The number of benzene rings is 2. The number of carbonyl (C=O) groups excluding carboxylic acids is 2. The number of nitrogens with one attached hydrogen (secondary N) is 1. The van der Waals surface area contributed by atoms with E-state index in [2.05, 4.69) is 16.9 Å². The van der Waals surface area contributed by atoms with Gasteiger partial charge in [0.05, 0.1) is 16.6 Å². The molecular weight excluding hydrogens is 364 g/mol. The van der Waals surface area contributed by atoms with Gasteiger partial charge in [0.15, 0.2) is 5.17 Å². The molecule has 6 nitrogen and oxygen atoms in total. The van der Waals surface area contributed by atoms with Gasteiger partial charge in [-0.3, -0.25) is 4.79 Å². The predicted octanol–water partition coefficient (Wildman–Crippen LogP) is 2.51. The van der Waals surface area contributed by atoms with E-state index < -0.39 is 5.97 Å². The number of amides is 1. The van der Waals surface area contributed by atoms with Gasteiger partial charge in [0, 0.05) is 5.56 Å². The molecule has 1 fully saturated rings. The molecule has 1 aliphatic rings. The van der Waals surface area contributed by atoms with Crippen LogP contribution >= 0.6 is 11.8 Å². The van der Waals surface area contributed by atoms with Gasteiger partial charge in [-0.05, 0) is 41.6 Å². The first-order valence-corrected chi connectivity index (χ1v) is 8.82. The number of rotatable bonds is 6. The van der Waals surface area contributed by atoms with Crippen molar-refractivity contribution in [2.45, 2.75) is 0 Å². The van der Waals surface area contributed by atoms with Crippen LogP contribution in [0.4, 0.5) is 5.69 Å². The highest BCUT2D eigenvalue weighted by molar-refractivity contribution is 8.18. The smallest absolute Gasteiger partial charge is 0.264 e. The lowest BCUT2D eigenvalue weighted by Gasteiger charge is -2.06. The minimum Gasteiger partial charge on any atom is -0.545 e. The van der Waals surface area contributed by atoms with Crippen LogP contribution in [-0.2, 0) is 4.79 Å². The first kappa shape index (κ1) is 18.5. The van der Waals surface area contributed by atoms with E-state index in [4.69, 9.17) is 4.74 Å². The zero-order valence-corrected chi connectivity index (χ0v) is 15.0. The van der Waals surface area contributed by atoms with Gasteiger partial charge >= 0.3 is 0 Å². The number of para-hydroxylation sites is 1. The number of aromatic carboxylic acids is 1. The van der Waals surface area contributed by atoms with E-state index in [1.807, 2.05) is 12.1 Å². The van der Waals surface area contributed by atoms with E-state index >= 15 is 0 Å². The normalized spacial score (nSPS) is 16.4. The number of ether oxygens (including phenoxy) is 1. The summed E-state index contributed by atoms with van der Waals surface area (Å²) in [4.78, 5) is 28.0. The Balaban J connectivity index is 1.78. The van der Waals surface area contributed by atoms with Crippen molar-refractivity contribution >= 4 is 40.6 Å². The Morgan fingerprint density at radius 1 is 1.22 bits per heavy atom. The Kier molecular flexibility index (Phi) is 5.73. The molecule has 1 aliphatic heterocycles. The molecule has 0 atom stereocenters. The zero-order valence-electron chi connectivity index (χ0n) is 14.2. The number of hydrogen-bond donors (Lipinski definition) is 1. The zero-order chi connectivity index (χ0) is 19.2. The molecule has 27 heavy (non-hydrogen) atoms. The summed E-state index contributed by atoms with van der Waals surface area (Å²) < 4.78 is 5.42. The predicted molar refractivity (Wildman–Crippen MR) is 104 cm³/mol. The number of carbonyl (C=O) groups is 2. The van der Waals surface area contributed by atoms with Crippen molar-refractivity contribution in [1.29, 1.82) is 0 Å². The quantitative estimate of drug-likeness (QED) is 0.615. The van der Waals surface area contributed by atoms with Crippen molar-refractivity contribution in [2.24, 2.45) is 4.99 Å². The molecule has 0 aliphatic carbocycles. The molecule has 1 saturated heterocycles. The highest BCUT2D eigenvalue weighted by Crippen LogP contribution is 2.29. The molecule has 136 valence electrons. The molecule has 0 spiro atoms. The van der Waals surface area contributed by atoms with Gasteiger partial charge in [0.2, 0.25) is 0 Å².